The van der Waals surface area contributed by atoms with Gasteiger partial charge in [-0.25, -0.2) is 4.79 Å². The molecule has 0 saturated carbocycles. The van der Waals surface area contributed by atoms with Crippen LogP contribution in [-0.4, -0.2) is 35.3 Å². The fourth-order valence-electron chi connectivity index (χ4n) is 5.13. The third kappa shape index (κ3) is 2.79. The first-order valence-electron chi connectivity index (χ1n) is 10.5. The van der Waals surface area contributed by atoms with Gasteiger partial charge < -0.3 is 18.6 Å². The van der Waals surface area contributed by atoms with Crippen LogP contribution >= 0.6 is 0 Å². The summed E-state index contributed by atoms with van der Waals surface area (Å²) in [5.74, 6) is -0.742. The van der Waals surface area contributed by atoms with E-state index in [9.17, 15) is 9.59 Å². The predicted molar refractivity (Wildman–Crippen MR) is 124 cm³/mol. The van der Waals surface area contributed by atoms with Crippen molar-refractivity contribution in [2.75, 3.05) is 14.2 Å². The second-order valence-corrected chi connectivity index (χ2v) is 8.13. The summed E-state index contributed by atoms with van der Waals surface area (Å²) in [5.41, 5.74) is 7.69. The van der Waals surface area contributed by atoms with Crippen LogP contribution < -0.4 is 0 Å². The van der Waals surface area contributed by atoms with Gasteiger partial charge in [-0.1, -0.05) is 24.3 Å². The Balaban J connectivity index is 1.80. The molecule has 0 saturated heterocycles. The summed E-state index contributed by atoms with van der Waals surface area (Å²) >= 11 is 0. The van der Waals surface area contributed by atoms with Crippen molar-refractivity contribution < 1.29 is 19.1 Å². The molecule has 2 aromatic carbocycles. The van der Waals surface area contributed by atoms with Gasteiger partial charge in [0.1, 0.15) is 0 Å². The Morgan fingerprint density at radius 3 is 2.25 bits per heavy atom. The lowest BCUT2D eigenvalue weighted by Gasteiger charge is -2.12. The third-order valence-electron chi connectivity index (χ3n) is 6.54. The molecule has 32 heavy (non-hydrogen) atoms. The van der Waals surface area contributed by atoms with Crippen LogP contribution in [-0.2, 0) is 33.2 Å². The summed E-state index contributed by atoms with van der Waals surface area (Å²) in [6.45, 7) is 0. The van der Waals surface area contributed by atoms with Crippen molar-refractivity contribution in [3.63, 3.8) is 0 Å². The van der Waals surface area contributed by atoms with Crippen molar-refractivity contribution in [2.45, 2.75) is 12.3 Å². The fourth-order valence-corrected chi connectivity index (χ4v) is 5.13. The van der Waals surface area contributed by atoms with E-state index in [2.05, 4.69) is 47.5 Å². The van der Waals surface area contributed by atoms with Crippen molar-refractivity contribution in [1.29, 1.82) is 0 Å². The largest absolute Gasteiger partial charge is 0.469 e. The predicted octanol–water partition coefficient (Wildman–Crippen LogP) is 4.53. The summed E-state index contributed by atoms with van der Waals surface area (Å²) in [7, 11) is 6.93. The summed E-state index contributed by atoms with van der Waals surface area (Å²) in [6, 6.07) is 14.4. The zero-order chi connectivity index (χ0) is 22.6. The van der Waals surface area contributed by atoms with Crippen LogP contribution in [0, 0.1) is 0 Å². The van der Waals surface area contributed by atoms with Crippen LogP contribution in [0.5, 0.6) is 0 Å². The molecule has 6 heteroatoms. The van der Waals surface area contributed by atoms with Crippen LogP contribution in [0.1, 0.15) is 29.0 Å². The number of fused-ring (bicyclic) bond motifs is 7. The Kier molecular flexibility index (Phi) is 4.66. The number of carbonyl (C=O) groups is 2. The number of hydrogen-bond acceptors (Lipinski definition) is 4. The third-order valence-corrected chi connectivity index (χ3v) is 6.54. The van der Waals surface area contributed by atoms with Gasteiger partial charge >= 0.3 is 11.9 Å². The molecular weight excluding hydrogens is 404 g/mol. The molecule has 0 amide bonds. The zero-order valence-corrected chi connectivity index (χ0v) is 18.5. The molecule has 0 fully saturated rings. The van der Waals surface area contributed by atoms with E-state index in [1.807, 2.05) is 18.2 Å². The topological polar surface area (TPSA) is 62.5 Å². The molecule has 4 aromatic rings. The number of aryl methyl sites for hydroxylation is 2. The maximum absolute atomic E-state index is 12.5. The number of aromatic nitrogens is 2. The highest BCUT2D eigenvalue weighted by Gasteiger charge is 2.39. The number of benzene rings is 2. The Morgan fingerprint density at radius 1 is 0.906 bits per heavy atom. The fraction of sp³-hybridized carbons (Fsp3) is 0.231. The van der Waals surface area contributed by atoms with Gasteiger partial charge in [-0.3, -0.25) is 4.79 Å². The van der Waals surface area contributed by atoms with Gasteiger partial charge in [-0.15, -0.1) is 0 Å². The van der Waals surface area contributed by atoms with Crippen LogP contribution in [0.4, 0.5) is 0 Å². The molecule has 0 spiro atoms. The Labute approximate surface area is 185 Å². The van der Waals surface area contributed by atoms with Gasteiger partial charge in [0.25, 0.3) is 0 Å². The van der Waals surface area contributed by atoms with Crippen LogP contribution in [0.25, 0.3) is 39.3 Å². The summed E-state index contributed by atoms with van der Waals surface area (Å²) in [5, 5.41) is 2.23. The molecule has 2 heterocycles. The maximum Gasteiger partial charge on any atom is 0.330 e. The molecule has 1 aliphatic carbocycles. The number of carbonyl (C=O) groups excluding carboxylic acids is 2. The first-order valence-corrected chi connectivity index (χ1v) is 10.5. The van der Waals surface area contributed by atoms with Crippen LogP contribution in [0.15, 0.2) is 48.5 Å². The number of hydrogen-bond donors (Lipinski definition) is 0. The van der Waals surface area contributed by atoms with Gasteiger partial charge in [0, 0.05) is 47.9 Å². The van der Waals surface area contributed by atoms with E-state index in [1.54, 1.807) is 6.08 Å². The second-order valence-electron chi connectivity index (χ2n) is 8.13. The minimum Gasteiger partial charge on any atom is -0.469 e. The molecule has 1 unspecified atom stereocenters. The smallest absolute Gasteiger partial charge is 0.330 e. The van der Waals surface area contributed by atoms with Gasteiger partial charge in [0.2, 0.25) is 0 Å². The van der Waals surface area contributed by atoms with E-state index in [1.165, 1.54) is 25.9 Å². The highest BCUT2D eigenvalue weighted by atomic mass is 16.5. The summed E-state index contributed by atoms with van der Waals surface area (Å²) in [4.78, 5) is 24.0. The molecule has 1 atom stereocenters. The van der Waals surface area contributed by atoms with E-state index in [4.69, 9.17) is 9.47 Å². The summed E-state index contributed by atoms with van der Waals surface area (Å²) < 4.78 is 14.2. The van der Waals surface area contributed by atoms with E-state index in [0.29, 0.717) is 0 Å². The number of esters is 2. The number of para-hydroxylation sites is 1. The molecule has 5 rings (SSSR count). The number of methoxy groups -OCH3 is 2. The molecule has 2 aromatic heterocycles. The van der Waals surface area contributed by atoms with E-state index < -0.39 is 5.97 Å². The minimum absolute atomic E-state index is 0.109. The van der Waals surface area contributed by atoms with Crippen molar-refractivity contribution in [1.82, 2.24) is 9.13 Å². The molecule has 162 valence electrons. The number of rotatable bonds is 4. The minimum atomic E-state index is -0.397. The standard InChI is InChI=1S/C26H24N2O4/c1-27-19-8-6-5-7-16(19)23-18(14-22(30)32-4)24-17-13-15(10-12-21(29)31-3)9-11-20(17)28(2)26(24)25(23)27/h5-13,18H,14H2,1-4H3/b12-10-. The lowest BCUT2D eigenvalue weighted by atomic mass is 9.91. The van der Waals surface area contributed by atoms with Crippen molar-refractivity contribution in [2.24, 2.45) is 14.1 Å². The van der Waals surface area contributed by atoms with Gasteiger partial charge in [-0.05, 0) is 41.0 Å². The Morgan fingerprint density at radius 2 is 1.56 bits per heavy atom. The van der Waals surface area contributed by atoms with Crippen LogP contribution in [0.2, 0.25) is 0 Å². The first kappa shape index (κ1) is 20.1. The molecular formula is C26H24N2O4. The Hall–Kier alpha value is -3.80. The van der Waals surface area contributed by atoms with E-state index in [-0.39, 0.29) is 18.3 Å². The SMILES string of the molecule is COC(=O)/C=C\c1ccc2c(c1)c1c(n2C)-c2c(c3ccccc3n2C)C1CC(=O)OC. The zero-order valence-electron chi connectivity index (χ0n) is 18.5. The lowest BCUT2D eigenvalue weighted by Crippen LogP contribution is -2.07. The molecule has 0 N–H and O–H groups in total. The first-order chi connectivity index (χ1) is 15.5. The molecule has 0 aliphatic heterocycles. The molecule has 0 bridgehead atoms. The van der Waals surface area contributed by atoms with Gasteiger partial charge in [0.05, 0.1) is 32.0 Å². The number of nitrogens with zero attached hydrogens (tertiary/aromatic N) is 2. The van der Waals surface area contributed by atoms with Gasteiger partial charge in [0.15, 0.2) is 0 Å². The second kappa shape index (κ2) is 7.41. The highest BCUT2D eigenvalue weighted by Crippen LogP contribution is 2.54. The molecule has 6 nitrogen and oxygen atoms in total. The van der Waals surface area contributed by atoms with Crippen molar-refractivity contribution in [3.05, 3.63) is 65.2 Å². The van der Waals surface area contributed by atoms with Crippen molar-refractivity contribution in [3.8, 4) is 11.4 Å². The average Bonchev–Trinajstić information content (AvgIpc) is 3.40. The van der Waals surface area contributed by atoms with Crippen molar-refractivity contribution >= 4 is 39.8 Å². The lowest BCUT2D eigenvalue weighted by molar-refractivity contribution is -0.140. The quantitative estimate of drug-likeness (QED) is 0.354. The highest BCUT2D eigenvalue weighted by molar-refractivity contribution is 6.04. The number of ether oxygens (including phenoxy) is 2. The molecule has 1 aliphatic rings. The maximum atomic E-state index is 12.5. The van der Waals surface area contributed by atoms with Gasteiger partial charge in [-0.2, -0.15) is 0 Å². The van der Waals surface area contributed by atoms with E-state index in [0.717, 1.165) is 44.3 Å². The van der Waals surface area contributed by atoms with Crippen LogP contribution in [0.3, 0.4) is 0 Å². The van der Waals surface area contributed by atoms with E-state index >= 15 is 0 Å². The normalized spacial score (nSPS) is 14.8. The monoisotopic (exact) mass is 428 g/mol. The summed E-state index contributed by atoms with van der Waals surface area (Å²) in [6.07, 6.45) is 3.43. The average molecular weight is 428 g/mol. The molecule has 0 radical (unpaired) electrons. The Bertz CT molecular complexity index is 1440.